The third kappa shape index (κ3) is 3.15. The number of hydrogen-bond acceptors (Lipinski definition) is 6. The summed E-state index contributed by atoms with van der Waals surface area (Å²) in [5.74, 6) is 1.60. The molecule has 2 N–H and O–H groups in total. The summed E-state index contributed by atoms with van der Waals surface area (Å²) in [5.41, 5.74) is 6.17. The monoisotopic (exact) mass is 256 g/mol. The third-order valence-electron chi connectivity index (χ3n) is 2.03. The molecule has 0 aliphatic rings. The molecule has 0 aromatic carbocycles. The summed E-state index contributed by atoms with van der Waals surface area (Å²) >= 11 is 0. The smallest absolute Gasteiger partial charge is 0.228 e. The summed E-state index contributed by atoms with van der Waals surface area (Å²) in [7, 11) is 1.57. The van der Waals surface area contributed by atoms with Crippen molar-refractivity contribution < 1.29 is 9.26 Å². The number of methoxy groups -OCH3 is 1. The molecular weight excluding hydrogens is 244 g/mol. The summed E-state index contributed by atoms with van der Waals surface area (Å²) in [6.07, 6.45) is 2.21. The van der Waals surface area contributed by atoms with Gasteiger partial charge in [0, 0.05) is 30.8 Å². The van der Waals surface area contributed by atoms with Crippen LogP contribution in [0, 0.1) is 0 Å². The highest BCUT2D eigenvalue weighted by Gasteiger charge is 2.08. The maximum absolute atomic E-state index is 5.39. The van der Waals surface area contributed by atoms with Crippen molar-refractivity contribution in [2.45, 2.75) is 6.42 Å². The topological polar surface area (TPSA) is 87.1 Å². The maximum atomic E-state index is 5.39. The highest BCUT2D eigenvalue weighted by Crippen LogP contribution is 2.16. The van der Waals surface area contributed by atoms with E-state index in [1.165, 1.54) is 0 Å². The zero-order chi connectivity index (χ0) is 11.4. The standard InChI is InChI=1S/C10H12N4O2.ClH/c1-15-8-3-2-7(6-12-8)10-13-9(4-5-11)16-14-10;/h2-3,6H,4-5,11H2,1H3;1H. The maximum Gasteiger partial charge on any atom is 0.228 e. The Balaban J connectivity index is 0.00000144. The molecule has 0 unspecified atom stereocenters. The van der Waals surface area contributed by atoms with Crippen LogP contribution in [0.4, 0.5) is 0 Å². The average Bonchev–Trinajstić information content (AvgIpc) is 2.78. The number of hydrogen-bond donors (Lipinski definition) is 1. The van der Waals surface area contributed by atoms with E-state index in [1.807, 2.05) is 6.07 Å². The minimum atomic E-state index is 0. The number of halogens is 1. The Hall–Kier alpha value is -1.66. The zero-order valence-electron chi connectivity index (χ0n) is 9.29. The van der Waals surface area contributed by atoms with E-state index in [-0.39, 0.29) is 12.4 Å². The summed E-state index contributed by atoms with van der Waals surface area (Å²) < 4.78 is 9.97. The van der Waals surface area contributed by atoms with Gasteiger partial charge in [0.15, 0.2) is 0 Å². The molecule has 0 radical (unpaired) electrons. The van der Waals surface area contributed by atoms with Crippen LogP contribution in [0.15, 0.2) is 22.9 Å². The minimum absolute atomic E-state index is 0. The van der Waals surface area contributed by atoms with Gasteiger partial charge in [-0.05, 0) is 6.07 Å². The van der Waals surface area contributed by atoms with E-state index in [1.54, 1.807) is 19.4 Å². The summed E-state index contributed by atoms with van der Waals surface area (Å²) in [4.78, 5) is 8.25. The highest BCUT2D eigenvalue weighted by atomic mass is 35.5. The van der Waals surface area contributed by atoms with Crippen molar-refractivity contribution >= 4 is 12.4 Å². The molecule has 0 bridgehead atoms. The Morgan fingerprint density at radius 1 is 1.41 bits per heavy atom. The molecule has 92 valence electrons. The van der Waals surface area contributed by atoms with Crippen molar-refractivity contribution in [2.24, 2.45) is 5.73 Å². The van der Waals surface area contributed by atoms with E-state index in [9.17, 15) is 0 Å². The van der Waals surface area contributed by atoms with Gasteiger partial charge in [-0.2, -0.15) is 4.98 Å². The first-order valence-corrected chi connectivity index (χ1v) is 4.86. The van der Waals surface area contributed by atoms with Crippen LogP contribution in [0.1, 0.15) is 5.89 Å². The quantitative estimate of drug-likeness (QED) is 0.880. The van der Waals surface area contributed by atoms with Crippen LogP contribution in [0.5, 0.6) is 5.88 Å². The molecule has 0 atom stereocenters. The largest absolute Gasteiger partial charge is 0.481 e. The molecule has 2 aromatic rings. The van der Waals surface area contributed by atoms with Crippen molar-refractivity contribution in [3.63, 3.8) is 0 Å². The fourth-order valence-electron chi connectivity index (χ4n) is 1.23. The van der Waals surface area contributed by atoms with Gasteiger partial charge in [0.05, 0.1) is 7.11 Å². The van der Waals surface area contributed by atoms with Crippen molar-refractivity contribution in [1.82, 2.24) is 15.1 Å². The molecule has 2 heterocycles. The molecule has 0 amide bonds. The fourth-order valence-corrected chi connectivity index (χ4v) is 1.23. The lowest BCUT2D eigenvalue weighted by molar-refractivity contribution is 0.380. The Morgan fingerprint density at radius 2 is 2.24 bits per heavy atom. The van der Waals surface area contributed by atoms with Crippen LogP contribution in [0.25, 0.3) is 11.4 Å². The van der Waals surface area contributed by atoms with Gasteiger partial charge in [0.1, 0.15) is 0 Å². The Morgan fingerprint density at radius 3 is 2.82 bits per heavy atom. The lowest BCUT2D eigenvalue weighted by atomic mass is 10.3. The minimum Gasteiger partial charge on any atom is -0.481 e. The van der Waals surface area contributed by atoms with Gasteiger partial charge < -0.3 is 15.0 Å². The SMILES string of the molecule is COc1ccc(-c2noc(CCN)n2)cn1.Cl. The molecule has 0 spiro atoms. The molecule has 7 heteroatoms. The van der Waals surface area contributed by atoms with Gasteiger partial charge >= 0.3 is 0 Å². The van der Waals surface area contributed by atoms with Gasteiger partial charge in [-0.15, -0.1) is 12.4 Å². The first kappa shape index (κ1) is 13.4. The van der Waals surface area contributed by atoms with Crippen molar-refractivity contribution in [2.75, 3.05) is 13.7 Å². The summed E-state index contributed by atoms with van der Waals surface area (Å²) in [5, 5.41) is 3.84. The second-order valence-electron chi connectivity index (χ2n) is 3.14. The van der Waals surface area contributed by atoms with Gasteiger partial charge in [-0.25, -0.2) is 4.98 Å². The predicted molar refractivity (Wildman–Crippen MR) is 64.1 cm³/mol. The molecule has 0 aliphatic heterocycles. The second-order valence-corrected chi connectivity index (χ2v) is 3.14. The van der Waals surface area contributed by atoms with Gasteiger partial charge in [-0.3, -0.25) is 0 Å². The highest BCUT2D eigenvalue weighted by molar-refractivity contribution is 5.85. The first-order chi connectivity index (χ1) is 7.83. The van der Waals surface area contributed by atoms with Crippen LogP contribution in [0.3, 0.4) is 0 Å². The van der Waals surface area contributed by atoms with Gasteiger partial charge in [0.2, 0.25) is 17.6 Å². The van der Waals surface area contributed by atoms with E-state index >= 15 is 0 Å². The molecule has 2 aromatic heterocycles. The first-order valence-electron chi connectivity index (χ1n) is 4.86. The van der Waals surface area contributed by atoms with Crippen LogP contribution in [-0.4, -0.2) is 28.8 Å². The number of nitrogens with two attached hydrogens (primary N) is 1. The van der Waals surface area contributed by atoms with E-state index in [4.69, 9.17) is 15.0 Å². The van der Waals surface area contributed by atoms with Crippen molar-refractivity contribution in [3.05, 3.63) is 24.2 Å². The number of nitrogens with zero attached hydrogens (tertiary/aromatic N) is 3. The molecule has 2 rings (SSSR count). The van der Waals surface area contributed by atoms with Crippen LogP contribution < -0.4 is 10.5 Å². The molecule has 0 saturated heterocycles. The lowest BCUT2D eigenvalue weighted by Crippen LogP contribution is -2.02. The van der Waals surface area contributed by atoms with Crippen LogP contribution in [-0.2, 0) is 6.42 Å². The van der Waals surface area contributed by atoms with Crippen LogP contribution >= 0.6 is 12.4 Å². The van der Waals surface area contributed by atoms with Gasteiger partial charge in [-0.1, -0.05) is 5.16 Å². The normalized spacial score (nSPS) is 9.76. The molecule has 0 saturated carbocycles. The fraction of sp³-hybridized carbons (Fsp3) is 0.300. The molecule has 6 nitrogen and oxygen atoms in total. The molecule has 0 aliphatic carbocycles. The second kappa shape index (κ2) is 6.17. The summed E-state index contributed by atoms with van der Waals surface area (Å²) in [6, 6.07) is 3.57. The van der Waals surface area contributed by atoms with Crippen LogP contribution in [0.2, 0.25) is 0 Å². The predicted octanol–water partition coefficient (Wildman–Crippen LogP) is 1.06. The Bertz CT molecular complexity index is 458. The molecular formula is C10H13ClN4O2. The summed E-state index contributed by atoms with van der Waals surface area (Å²) in [6.45, 7) is 0.489. The Labute approximate surface area is 105 Å². The number of pyridine rings is 1. The zero-order valence-corrected chi connectivity index (χ0v) is 10.1. The van der Waals surface area contributed by atoms with E-state index < -0.39 is 0 Å². The van der Waals surface area contributed by atoms with Crippen molar-refractivity contribution in [1.29, 1.82) is 0 Å². The van der Waals surface area contributed by atoms with E-state index in [0.29, 0.717) is 30.6 Å². The van der Waals surface area contributed by atoms with E-state index in [0.717, 1.165) is 5.56 Å². The molecule has 0 fully saturated rings. The average molecular weight is 257 g/mol. The van der Waals surface area contributed by atoms with Crippen molar-refractivity contribution in [3.8, 4) is 17.3 Å². The third-order valence-corrected chi connectivity index (χ3v) is 2.03. The molecule has 17 heavy (non-hydrogen) atoms. The number of ether oxygens (including phenoxy) is 1. The van der Waals surface area contributed by atoms with Gasteiger partial charge in [0.25, 0.3) is 0 Å². The van der Waals surface area contributed by atoms with E-state index in [2.05, 4.69) is 15.1 Å². The Kier molecular flexibility index (Phi) is 4.86. The number of aromatic nitrogens is 3. The number of rotatable bonds is 4. The lowest BCUT2D eigenvalue weighted by Gasteiger charge is -1.97.